The highest BCUT2D eigenvalue weighted by molar-refractivity contribution is 5.52. The van der Waals surface area contributed by atoms with E-state index in [-0.39, 0.29) is 5.92 Å². The molecule has 2 aromatic heterocycles. The Morgan fingerprint density at radius 3 is 2.64 bits per heavy atom. The minimum absolute atomic E-state index is 0.239. The van der Waals surface area contributed by atoms with Crippen LogP contribution >= 0.6 is 0 Å². The van der Waals surface area contributed by atoms with Gasteiger partial charge in [-0.2, -0.15) is 5.10 Å². The molecular formula is C16H18N4O2. The monoisotopic (exact) mass is 298 g/mol. The molecule has 0 spiro atoms. The van der Waals surface area contributed by atoms with Gasteiger partial charge in [-0.15, -0.1) is 0 Å². The number of aromatic nitrogens is 4. The molecule has 1 aromatic carbocycles. The van der Waals surface area contributed by atoms with E-state index < -0.39 is 0 Å². The first-order valence-corrected chi connectivity index (χ1v) is 7.13. The molecule has 22 heavy (non-hydrogen) atoms. The number of hydrogen-bond donors (Lipinski definition) is 0. The van der Waals surface area contributed by atoms with Crippen LogP contribution < -0.4 is 4.74 Å². The van der Waals surface area contributed by atoms with Crippen LogP contribution in [0.25, 0.3) is 11.5 Å². The first kappa shape index (κ1) is 14.3. The molecule has 0 aliphatic carbocycles. The molecule has 0 atom stereocenters. The Balaban J connectivity index is 1.90. The van der Waals surface area contributed by atoms with Crippen LogP contribution in [0, 0.1) is 0 Å². The third-order valence-electron chi connectivity index (χ3n) is 3.44. The Labute approximate surface area is 128 Å². The second-order valence-electron chi connectivity index (χ2n) is 5.31. The lowest BCUT2D eigenvalue weighted by molar-refractivity contribution is 0.414. The molecule has 0 unspecified atom stereocenters. The molecule has 6 heteroatoms. The van der Waals surface area contributed by atoms with Crippen molar-refractivity contribution in [1.82, 2.24) is 19.7 Å². The van der Waals surface area contributed by atoms with Crippen molar-refractivity contribution in [3.63, 3.8) is 0 Å². The summed E-state index contributed by atoms with van der Waals surface area (Å²) in [5, 5.41) is 4.30. The van der Waals surface area contributed by atoms with Crippen molar-refractivity contribution < 1.29 is 9.15 Å². The zero-order valence-corrected chi connectivity index (χ0v) is 12.9. The Hall–Kier alpha value is -2.63. The maximum absolute atomic E-state index is 5.48. The number of methoxy groups -OCH3 is 1. The van der Waals surface area contributed by atoms with Gasteiger partial charge in [0.15, 0.2) is 12.2 Å². The lowest BCUT2D eigenvalue weighted by Crippen LogP contribution is -2.05. The molecular weight excluding hydrogens is 280 g/mol. The van der Waals surface area contributed by atoms with E-state index in [1.54, 1.807) is 7.11 Å². The summed E-state index contributed by atoms with van der Waals surface area (Å²) in [5.74, 6) is 2.61. The first-order chi connectivity index (χ1) is 10.7. The van der Waals surface area contributed by atoms with Gasteiger partial charge >= 0.3 is 0 Å². The van der Waals surface area contributed by atoms with Gasteiger partial charge in [-0.25, -0.2) is 14.6 Å². The van der Waals surface area contributed by atoms with Crippen LogP contribution in [-0.4, -0.2) is 26.9 Å². The second kappa shape index (κ2) is 6.01. The molecule has 2 heterocycles. The van der Waals surface area contributed by atoms with E-state index in [1.165, 1.54) is 12.7 Å². The Morgan fingerprint density at radius 2 is 1.95 bits per heavy atom. The van der Waals surface area contributed by atoms with Crippen molar-refractivity contribution in [3.8, 4) is 17.3 Å². The third-order valence-corrected chi connectivity index (χ3v) is 3.44. The smallest absolute Gasteiger partial charge is 0.181 e. The summed E-state index contributed by atoms with van der Waals surface area (Å²) in [4.78, 5) is 8.64. The van der Waals surface area contributed by atoms with E-state index in [0.717, 1.165) is 22.8 Å². The largest absolute Gasteiger partial charge is 0.497 e. The van der Waals surface area contributed by atoms with E-state index in [0.29, 0.717) is 12.4 Å². The minimum atomic E-state index is 0.239. The number of ether oxygens (including phenoxy) is 1. The Bertz CT molecular complexity index is 744. The average molecular weight is 298 g/mol. The van der Waals surface area contributed by atoms with Crippen LogP contribution in [0.3, 0.4) is 0 Å². The number of oxazole rings is 1. The molecule has 0 fully saturated rings. The summed E-state index contributed by atoms with van der Waals surface area (Å²) < 4.78 is 12.5. The van der Waals surface area contributed by atoms with Gasteiger partial charge in [0.2, 0.25) is 0 Å². The normalized spacial score (nSPS) is 11.1. The highest BCUT2D eigenvalue weighted by Crippen LogP contribution is 2.26. The van der Waals surface area contributed by atoms with Gasteiger partial charge in [0, 0.05) is 5.92 Å². The highest BCUT2D eigenvalue weighted by Gasteiger charge is 2.19. The summed E-state index contributed by atoms with van der Waals surface area (Å²) in [6.45, 7) is 4.74. The SMILES string of the molecule is COc1ccc(Cn2ncnc2-c2ncoc2C(C)C)cc1. The standard InChI is InChI=1S/C16H18N4O2/c1-11(2)15-14(18-10-22-15)16-17-9-19-20(16)8-12-4-6-13(21-3)7-5-12/h4-7,9-11H,8H2,1-3H3. The van der Waals surface area contributed by atoms with Crippen molar-refractivity contribution in [1.29, 1.82) is 0 Å². The fraction of sp³-hybridized carbons (Fsp3) is 0.312. The maximum atomic E-state index is 5.48. The van der Waals surface area contributed by atoms with Gasteiger partial charge in [0.1, 0.15) is 23.5 Å². The van der Waals surface area contributed by atoms with E-state index >= 15 is 0 Å². The molecule has 0 amide bonds. The van der Waals surface area contributed by atoms with Gasteiger partial charge in [-0.1, -0.05) is 26.0 Å². The number of hydrogen-bond acceptors (Lipinski definition) is 5. The summed E-state index contributed by atoms with van der Waals surface area (Å²) in [6.07, 6.45) is 2.99. The zero-order valence-electron chi connectivity index (χ0n) is 12.9. The maximum Gasteiger partial charge on any atom is 0.181 e. The van der Waals surface area contributed by atoms with Crippen LogP contribution in [0.15, 0.2) is 41.4 Å². The molecule has 0 aliphatic heterocycles. The summed E-state index contributed by atoms with van der Waals surface area (Å²) in [7, 11) is 1.66. The lowest BCUT2D eigenvalue weighted by Gasteiger charge is -2.07. The molecule has 0 radical (unpaired) electrons. The molecule has 0 saturated heterocycles. The van der Waals surface area contributed by atoms with E-state index in [9.17, 15) is 0 Å². The quantitative estimate of drug-likeness (QED) is 0.724. The zero-order chi connectivity index (χ0) is 15.5. The van der Waals surface area contributed by atoms with Crippen LogP contribution in [-0.2, 0) is 6.54 Å². The topological polar surface area (TPSA) is 66.0 Å². The highest BCUT2D eigenvalue weighted by atomic mass is 16.5. The van der Waals surface area contributed by atoms with Crippen molar-refractivity contribution in [3.05, 3.63) is 48.3 Å². The van der Waals surface area contributed by atoms with Crippen molar-refractivity contribution in [2.24, 2.45) is 0 Å². The summed E-state index contributed by atoms with van der Waals surface area (Å²) >= 11 is 0. The van der Waals surface area contributed by atoms with Gasteiger partial charge in [0.05, 0.1) is 13.7 Å². The molecule has 3 rings (SSSR count). The fourth-order valence-electron chi connectivity index (χ4n) is 2.30. The molecule has 0 aliphatic rings. The van der Waals surface area contributed by atoms with Crippen LogP contribution in [0.1, 0.15) is 31.1 Å². The molecule has 0 saturated carbocycles. The number of nitrogens with zero attached hydrogens (tertiary/aromatic N) is 4. The predicted molar refractivity (Wildman–Crippen MR) is 81.7 cm³/mol. The van der Waals surface area contributed by atoms with Gasteiger partial charge in [-0.3, -0.25) is 0 Å². The molecule has 3 aromatic rings. The summed E-state index contributed by atoms with van der Waals surface area (Å²) in [6, 6.07) is 7.88. The van der Waals surface area contributed by atoms with Crippen LogP contribution in [0.5, 0.6) is 5.75 Å². The molecule has 0 bridgehead atoms. The van der Waals surface area contributed by atoms with Crippen molar-refractivity contribution in [2.75, 3.05) is 7.11 Å². The van der Waals surface area contributed by atoms with E-state index in [1.807, 2.05) is 28.9 Å². The first-order valence-electron chi connectivity index (χ1n) is 7.13. The lowest BCUT2D eigenvalue weighted by atomic mass is 10.1. The molecule has 6 nitrogen and oxygen atoms in total. The average Bonchev–Trinajstić information content (AvgIpc) is 3.16. The van der Waals surface area contributed by atoms with E-state index in [2.05, 4.69) is 28.9 Å². The van der Waals surface area contributed by atoms with E-state index in [4.69, 9.17) is 9.15 Å². The van der Waals surface area contributed by atoms with Gasteiger partial charge < -0.3 is 9.15 Å². The van der Waals surface area contributed by atoms with Crippen LogP contribution in [0.2, 0.25) is 0 Å². The molecule has 0 N–H and O–H groups in total. The van der Waals surface area contributed by atoms with Crippen molar-refractivity contribution >= 4 is 0 Å². The second-order valence-corrected chi connectivity index (χ2v) is 5.31. The number of rotatable bonds is 5. The Morgan fingerprint density at radius 1 is 1.18 bits per heavy atom. The van der Waals surface area contributed by atoms with Crippen molar-refractivity contribution in [2.45, 2.75) is 26.3 Å². The van der Waals surface area contributed by atoms with Crippen LogP contribution in [0.4, 0.5) is 0 Å². The van der Waals surface area contributed by atoms with Gasteiger partial charge in [0.25, 0.3) is 0 Å². The third kappa shape index (κ3) is 2.72. The summed E-state index contributed by atoms with van der Waals surface area (Å²) in [5.41, 5.74) is 1.86. The number of benzene rings is 1. The Kier molecular flexibility index (Phi) is 3.91. The fourth-order valence-corrected chi connectivity index (χ4v) is 2.30. The molecule has 114 valence electrons. The minimum Gasteiger partial charge on any atom is -0.497 e. The predicted octanol–water partition coefficient (Wildman–Crippen LogP) is 3.11. The van der Waals surface area contributed by atoms with Gasteiger partial charge in [-0.05, 0) is 17.7 Å².